The summed E-state index contributed by atoms with van der Waals surface area (Å²) in [6, 6.07) is 23.9. The average molecular weight is 356 g/mol. The van der Waals surface area contributed by atoms with Crippen LogP contribution in [0.25, 0.3) is 22.3 Å². The number of hydrogen-bond donors (Lipinski definition) is 2. The zero-order valence-electron chi connectivity index (χ0n) is 15.2. The lowest BCUT2D eigenvalue weighted by Gasteiger charge is -2.14. The van der Waals surface area contributed by atoms with Gasteiger partial charge in [-0.05, 0) is 31.2 Å². The molecule has 0 radical (unpaired) electrons. The van der Waals surface area contributed by atoms with E-state index in [9.17, 15) is 0 Å². The smallest absolute Gasteiger partial charge is 0.171 e. The zero-order valence-corrected chi connectivity index (χ0v) is 15.2. The molecule has 1 heterocycles. The maximum Gasteiger partial charge on any atom is 0.171 e. The molecular formula is C22H20N4O. The van der Waals surface area contributed by atoms with Crippen LogP contribution in [0.1, 0.15) is 5.56 Å². The van der Waals surface area contributed by atoms with Crippen molar-refractivity contribution >= 4 is 22.5 Å². The van der Waals surface area contributed by atoms with Crippen molar-refractivity contribution in [2.24, 2.45) is 0 Å². The van der Waals surface area contributed by atoms with Gasteiger partial charge in [-0.3, -0.25) is 10.9 Å². The van der Waals surface area contributed by atoms with E-state index < -0.39 is 0 Å². The van der Waals surface area contributed by atoms with Gasteiger partial charge in [0.15, 0.2) is 5.82 Å². The van der Waals surface area contributed by atoms with Gasteiger partial charge in [0.25, 0.3) is 0 Å². The van der Waals surface area contributed by atoms with Crippen LogP contribution in [0.2, 0.25) is 0 Å². The summed E-state index contributed by atoms with van der Waals surface area (Å²) in [6.07, 6.45) is 0. The summed E-state index contributed by atoms with van der Waals surface area (Å²) < 4.78 is 5.31. The van der Waals surface area contributed by atoms with E-state index in [-0.39, 0.29) is 0 Å². The minimum absolute atomic E-state index is 0.655. The molecule has 5 nitrogen and oxygen atoms in total. The van der Waals surface area contributed by atoms with E-state index in [1.165, 1.54) is 5.56 Å². The molecule has 27 heavy (non-hydrogen) atoms. The Bertz CT molecular complexity index is 1060. The van der Waals surface area contributed by atoms with E-state index in [1.807, 2.05) is 60.7 Å². The van der Waals surface area contributed by atoms with Crippen LogP contribution < -0.4 is 15.6 Å². The molecular weight excluding hydrogens is 336 g/mol. The molecule has 0 spiro atoms. The first-order valence-corrected chi connectivity index (χ1v) is 8.73. The average Bonchev–Trinajstić information content (AvgIpc) is 2.73. The molecule has 0 saturated carbocycles. The SMILES string of the molecule is COc1ccc2nc(-c3ccccc3)c(NNc3ccc(C)cc3)nc2c1. The molecule has 134 valence electrons. The van der Waals surface area contributed by atoms with Crippen molar-refractivity contribution in [1.29, 1.82) is 0 Å². The summed E-state index contributed by atoms with van der Waals surface area (Å²) >= 11 is 0. The van der Waals surface area contributed by atoms with E-state index in [0.717, 1.165) is 33.7 Å². The molecule has 0 bridgehead atoms. The molecule has 0 aliphatic heterocycles. The third kappa shape index (κ3) is 3.67. The molecule has 1 aromatic heterocycles. The number of nitrogens with one attached hydrogen (secondary N) is 2. The largest absolute Gasteiger partial charge is 0.497 e. The molecule has 0 unspecified atom stereocenters. The van der Waals surface area contributed by atoms with Gasteiger partial charge in [0.1, 0.15) is 11.4 Å². The summed E-state index contributed by atoms with van der Waals surface area (Å²) in [6.45, 7) is 2.06. The Morgan fingerprint density at radius 1 is 0.778 bits per heavy atom. The van der Waals surface area contributed by atoms with Crippen LogP contribution in [-0.4, -0.2) is 17.1 Å². The van der Waals surface area contributed by atoms with Crippen molar-refractivity contribution in [3.63, 3.8) is 0 Å². The molecule has 0 fully saturated rings. The van der Waals surface area contributed by atoms with Crippen molar-refractivity contribution in [3.05, 3.63) is 78.4 Å². The normalized spacial score (nSPS) is 10.6. The Kier molecular flexibility index (Phi) is 4.58. The highest BCUT2D eigenvalue weighted by atomic mass is 16.5. The highest BCUT2D eigenvalue weighted by molar-refractivity contribution is 5.84. The van der Waals surface area contributed by atoms with E-state index in [1.54, 1.807) is 7.11 Å². The zero-order chi connectivity index (χ0) is 18.6. The molecule has 4 rings (SSSR count). The van der Waals surface area contributed by atoms with Crippen LogP contribution in [0.5, 0.6) is 5.75 Å². The van der Waals surface area contributed by atoms with Crippen LogP contribution in [0.3, 0.4) is 0 Å². The predicted molar refractivity (Wildman–Crippen MR) is 110 cm³/mol. The Morgan fingerprint density at radius 3 is 2.30 bits per heavy atom. The van der Waals surface area contributed by atoms with Gasteiger partial charge in [0.05, 0.1) is 23.8 Å². The predicted octanol–water partition coefficient (Wildman–Crippen LogP) is 5.05. The molecule has 0 saturated heterocycles. The Hall–Kier alpha value is -3.60. The van der Waals surface area contributed by atoms with Gasteiger partial charge in [0.2, 0.25) is 0 Å². The fourth-order valence-corrected chi connectivity index (χ4v) is 2.81. The molecule has 0 atom stereocenters. The number of aromatic nitrogens is 2. The van der Waals surface area contributed by atoms with Gasteiger partial charge in [0, 0.05) is 11.6 Å². The van der Waals surface area contributed by atoms with Crippen molar-refractivity contribution < 1.29 is 4.74 Å². The third-order valence-corrected chi connectivity index (χ3v) is 4.30. The second kappa shape index (κ2) is 7.33. The number of methoxy groups -OCH3 is 1. The van der Waals surface area contributed by atoms with Crippen LogP contribution in [-0.2, 0) is 0 Å². The lowest BCUT2D eigenvalue weighted by atomic mass is 10.1. The fraction of sp³-hybridized carbons (Fsp3) is 0.0909. The van der Waals surface area contributed by atoms with Gasteiger partial charge < -0.3 is 4.74 Å². The Labute approximate surface area is 158 Å². The first-order valence-electron chi connectivity index (χ1n) is 8.73. The number of hydrogen-bond acceptors (Lipinski definition) is 5. The van der Waals surface area contributed by atoms with E-state index >= 15 is 0 Å². The molecule has 0 aliphatic rings. The van der Waals surface area contributed by atoms with Crippen molar-refractivity contribution in [1.82, 2.24) is 9.97 Å². The van der Waals surface area contributed by atoms with Crippen LogP contribution in [0.15, 0.2) is 72.8 Å². The van der Waals surface area contributed by atoms with Crippen LogP contribution in [0, 0.1) is 6.92 Å². The number of fused-ring (bicyclic) bond motifs is 1. The monoisotopic (exact) mass is 356 g/mol. The molecule has 0 amide bonds. The van der Waals surface area contributed by atoms with E-state index in [0.29, 0.717) is 5.82 Å². The first-order chi connectivity index (χ1) is 13.2. The maximum absolute atomic E-state index is 5.31. The quantitative estimate of drug-likeness (QED) is 0.490. The topological polar surface area (TPSA) is 59.1 Å². The van der Waals surface area contributed by atoms with E-state index in [4.69, 9.17) is 14.7 Å². The lowest BCUT2D eigenvalue weighted by Crippen LogP contribution is -2.12. The number of benzene rings is 3. The van der Waals surface area contributed by atoms with Gasteiger partial charge in [-0.25, -0.2) is 9.97 Å². The maximum atomic E-state index is 5.31. The third-order valence-electron chi connectivity index (χ3n) is 4.30. The molecule has 4 aromatic rings. The fourth-order valence-electron chi connectivity index (χ4n) is 2.81. The molecule has 3 aromatic carbocycles. The van der Waals surface area contributed by atoms with E-state index in [2.05, 4.69) is 29.9 Å². The number of hydrazine groups is 1. The molecule has 0 aliphatic carbocycles. The van der Waals surface area contributed by atoms with Crippen molar-refractivity contribution in [3.8, 4) is 17.0 Å². The number of ether oxygens (including phenoxy) is 1. The van der Waals surface area contributed by atoms with Gasteiger partial charge >= 0.3 is 0 Å². The Balaban J connectivity index is 1.76. The lowest BCUT2D eigenvalue weighted by molar-refractivity contribution is 0.415. The second-order valence-electron chi connectivity index (χ2n) is 6.26. The first kappa shape index (κ1) is 16.8. The molecule has 2 N–H and O–H groups in total. The minimum Gasteiger partial charge on any atom is -0.497 e. The van der Waals surface area contributed by atoms with Gasteiger partial charge in [-0.1, -0.05) is 48.0 Å². The molecule has 5 heteroatoms. The highest BCUT2D eigenvalue weighted by Crippen LogP contribution is 2.28. The summed E-state index contributed by atoms with van der Waals surface area (Å²) in [5.41, 5.74) is 11.9. The summed E-state index contributed by atoms with van der Waals surface area (Å²) in [7, 11) is 1.64. The standard InChI is InChI=1S/C22H20N4O/c1-15-8-10-17(11-9-15)25-26-22-21(16-6-4-3-5-7-16)23-19-13-12-18(27-2)14-20(19)24-22/h3-14,25H,1-2H3,(H,24,26). The van der Waals surface area contributed by atoms with Crippen LogP contribution >= 0.6 is 0 Å². The summed E-state index contributed by atoms with van der Waals surface area (Å²) in [5, 5.41) is 0. The second-order valence-corrected chi connectivity index (χ2v) is 6.26. The Morgan fingerprint density at radius 2 is 1.56 bits per heavy atom. The highest BCUT2D eigenvalue weighted by Gasteiger charge is 2.11. The van der Waals surface area contributed by atoms with Crippen LogP contribution in [0.4, 0.5) is 11.5 Å². The number of anilines is 2. The number of aryl methyl sites for hydroxylation is 1. The summed E-state index contributed by atoms with van der Waals surface area (Å²) in [5.74, 6) is 1.41. The number of nitrogens with zero attached hydrogens (tertiary/aromatic N) is 2. The van der Waals surface area contributed by atoms with Gasteiger partial charge in [-0.15, -0.1) is 0 Å². The van der Waals surface area contributed by atoms with Crippen molar-refractivity contribution in [2.45, 2.75) is 6.92 Å². The summed E-state index contributed by atoms with van der Waals surface area (Å²) in [4.78, 5) is 9.60. The number of rotatable bonds is 5. The minimum atomic E-state index is 0.655. The van der Waals surface area contributed by atoms with Gasteiger partial charge in [-0.2, -0.15) is 0 Å². The van der Waals surface area contributed by atoms with Crippen molar-refractivity contribution in [2.75, 3.05) is 18.0 Å².